The summed E-state index contributed by atoms with van der Waals surface area (Å²) < 4.78 is 9.84. The van der Waals surface area contributed by atoms with Crippen LogP contribution in [-0.4, -0.2) is 32.1 Å². The van der Waals surface area contributed by atoms with E-state index in [4.69, 9.17) is 9.47 Å². The minimum Gasteiger partial charge on any atom is -0.497 e. The molecular formula is C18H19NO4. The molecule has 0 spiro atoms. The maximum atomic E-state index is 12.3. The van der Waals surface area contributed by atoms with Crippen LogP contribution in [0.2, 0.25) is 0 Å². The standard InChI is InChI=1S/C18H19NO4/c1-22-15-10-8-14(9-11-15)17(20)19-16(18(21)23-2)12-13-6-4-3-5-7-13/h3-11,16H,12H2,1-2H3,(H,19,20). The summed E-state index contributed by atoms with van der Waals surface area (Å²) >= 11 is 0. The van der Waals surface area contributed by atoms with Crippen LogP contribution >= 0.6 is 0 Å². The van der Waals surface area contributed by atoms with Gasteiger partial charge in [-0.15, -0.1) is 0 Å². The van der Waals surface area contributed by atoms with Crippen molar-refractivity contribution in [3.05, 3.63) is 65.7 Å². The van der Waals surface area contributed by atoms with Gasteiger partial charge in [0.1, 0.15) is 11.8 Å². The van der Waals surface area contributed by atoms with Crippen LogP contribution in [-0.2, 0) is 16.0 Å². The summed E-state index contributed by atoms with van der Waals surface area (Å²) in [6.07, 6.45) is 0.370. The Bertz CT molecular complexity index is 652. The average molecular weight is 313 g/mol. The van der Waals surface area contributed by atoms with Gasteiger partial charge in [-0.3, -0.25) is 4.79 Å². The Kier molecular flexibility index (Phi) is 5.74. The fourth-order valence-electron chi connectivity index (χ4n) is 2.17. The highest BCUT2D eigenvalue weighted by molar-refractivity contribution is 5.96. The van der Waals surface area contributed by atoms with Crippen molar-refractivity contribution in [3.8, 4) is 5.75 Å². The van der Waals surface area contributed by atoms with E-state index in [1.54, 1.807) is 31.4 Å². The van der Waals surface area contributed by atoms with E-state index in [2.05, 4.69) is 5.32 Å². The lowest BCUT2D eigenvalue weighted by atomic mass is 10.1. The molecule has 0 aliphatic rings. The fourth-order valence-corrected chi connectivity index (χ4v) is 2.17. The molecule has 0 aliphatic carbocycles. The molecule has 0 aromatic heterocycles. The lowest BCUT2D eigenvalue weighted by molar-refractivity contribution is -0.142. The van der Waals surface area contributed by atoms with Crippen LogP contribution in [0.5, 0.6) is 5.75 Å². The third-order valence-corrected chi connectivity index (χ3v) is 3.43. The van der Waals surface area contributed by atoms with E-state index in [0.717, 1.165) is 5.56 Å². The summed E-state index contributed by atoms with van der Waals surface area (Å²) in [7, 11) is 2.86. The van der Waals surface area contributed by atoms with E-state index >= 15 is 0 Å². The van der Waals surface area contributed by atoms with Gasteiger partial charge in [-0.2, -0.15) is 0 Å². The lowest BCUT2D eigenvalue weighted by Gasteiger charge is -2.16. The maximum Gasteiger partial charge on any atom is 0.328 e. The number of benzene rings is 2. The number of esters is 1. The second-order valence-corrected chi connectivity index (χ2v) is 4.97. The summed E-state index contributed by atoms with van der Waals surface area (Å²) in [6.45, 7) is 0. The Balaban J connectivity index is 2.10. The molecule has 1 amide bonds. The van der Waals surface area contributed by atoms with Gasteiger partial charge in [0.2, 0.25) is 0 Å². The molecule has 0 fully saturated rings. The summed E-state index contributed by atoms with van der Waals surface area (Å²) in [5.74, 6) is -0.148. The van der Waals surface area contributed by atoms with Crippen LogP contribution < -0.4 is 10.1 Å². The number of hydrogen-bond donors (Lipinski definition) is 1. The molecule has 2 rings (SSSR count). The van der Waals surface area contributed by atoms with E-state index in [9.17, 15) is 9.59 Å². The number of ether oxygens (including phenoxy) is 2. The number of amides is 1. The number of carbonyl (C=O) groups excluding carboxylic acids is 2. The van der Waals surface area contributed by atoms with E-state index in [-0.39, 0.29) is 5.91 Å². The van der Waals surface area contributed by atoms with Crippen LogP contribution in [0.3, 0.4) is 0 Å². The predicted octanol–water partition coefficient (Wildman–Crippen LogP) is 2.21. The maximum absolute atomic E-state index is 12.3. The molecule has 23 heavy (non-hydrogen) atoms. The molecule has 120 valence electrons. The van der Waals surface area contributed by atoms with Gasteiger partial charge < -0.3 is 14.8 Å². The smallest absolute Gasteiger partial charge is 0.328 e. The number of hydrogen-bond acceptors (Lipinski definition) is 4. The zero-order chi connectivity index (χ0) is 16.7. The van der Waals surface area contributed by atoms with Gasteiger partial charge in [0.05, 0.1) is 14.2 Å². The number of carbonyl (C=O) groups is 2. The van der Waals surface area contributed by atoms with Gasteiger partial charge in [0, 0.05) is 12.0 Å². The second-order valence-electron chi connectivity index (χ2n) is 4.97. The van der Waals surface area contributed by atoms with E-state index in [0.29, 0.717) is 17.7 Å². The van der Waals surface area contributed by atoms with E-state index < -0.39 is 12.0 Å². The van der Waals surface area contributed by atoms with Crippen molar-refractivity contribution in [3.63, 3.8) is 0 Å². The highest BCUT2D eigenvalue weighted by atomic mass is 16.5. The Morgan fingerprint density at radius 2 is 1.65 bits per heavy atom. The van der Waals surface area contributed by atoms with Crippen LogP contribution in [0.1, 0.15) is 15.9 Å². The van der Waals surface area contributed by atoms with E-state index in [1.807, 2.05) is 30.3 Å². The number of nitrogens with one attached hydrogen (secondary N) is 1. The zero-order valence-electron chi connectivity index (χ0n) is 13.1. The van der Waals surface area contributed by atoms with Crippen LogP contribution in [0.4, 0.5) is 0 Å². The normalized spacial score (nSPS) is 11.4. The Morgan fingerprint density at radius 3 is 2.22 bits per heavy atom. The molecule has 0 saturated carbocycles. The molecule has 0 saturated heterocycles. The van der Waals surface area contributed by atoms with Gasteiger partial charge in [0.15, 0.2) is 0 Å². The first kappa shape index (κ1) is 16.5. The van der Waals surface area contributed by atoms with E-state index in [1.165, 1.54) is 7.11 Å². The molecule has 5 heteroatoms. The third-order valence-electron chi connectivity index (χ3n) is 3.43. The topological polar surface area (TPSA) is 64.6 Å². The number of rotatable bonds is 6. The van der Waals surface area contributed by atoms with Crippen molar-refractivity contribution in [1.29, 1.82) is 0 Å². The molecule has 1 N–H and O–H groups in total. The molecule has 2 aromatic rings. The Morgan fingerprint density at radius 1 is 1.00 bits per heavy atom. The summed E-state index contributed by atoms with van der Waals surface area (Å²) in [5, 5.41) is 2.72. The predicted molar refractivity (Wildman–Crippen MR) is 86.4 cm³/mol. The molecule has 0 bridgehead atoms. The fraction of sp³-hybridized carbons (Fsp3) is 0.222. The first-order chi connectivity index (χ1) is 11.1. The lowest BCUT2D eigenvalue weighted by Crippen LogP contribution is -2.43. The van der Waals surface area contributed by atoms with Gasteiger partial charge in [0.25, 0.3) is 5.91 Å². The molecule has 0 heterocycles. The Hall–Kier alpha value is -2.82. The first-order valence-corrected chi connectivity index (χ1v) is 7.20. The third kappa shape index (κ3) is 4.57. The number of methoxy groups -OCH3 is 2. The summed E-state index contributed by atoms with van der Waals surface area (Å²) in [4.78, 5) is 24.2. The van der Waals surface area contributed by atoms with Gasteiger partial charge in [-0.25, -0.2) is 4.79 Å². The second kappa shape index (κ2) is 7.98. The molecule has 5 nitrogen and oxygen atoms in total. The van der Waals surface area contributed by atoms with Crippen LogP contribution in [0, 0.1) is 0 Å². The highest BCUT2D eigenvalue weighted by Crippen LogP contribution is 2.12. The molecule has 0 radical (unpaired) electrons. The molecule has 0 aliphatic heterocycles. The molecular weight excluding hydrogens is 294 g/mol. The highest BCUT2D eigenvalue weighted by Gasteiger charge is 2.22. The molecule has 1 atom stereocenters. The van der Waals surface area contributed by atoms with Crippen molar-refractivity contribution in [2.75, 3.05) is 14.2 Å². The molecule has 2 aromatic carbocycles. The minimum absolute atomic E-state index is 0.334. The van der Waals surface area contributed by atoms with Crippen molar-refractivity contribution < 1.29 is 19.1 Å². The first-order valence-electron chi connectivity index (χ1n) is 7.20. The summed E-state index contributed by atoms with van der Waals surface area (Å²) in [5.41, 5.74) is 1.39. The SMILES string of the molecule is COC(=O)C(Cc1ccccc1)NC(=O)c1ccc(OC)cc1. The van der Waals surface area contributed by atoms with Crippen LogP contribution in [0.15, 0.2) is 54.6 Å². The minimum atomic E-state index is -0.739. The molecule has 1 unspecified atom stereocenters. The van der Waals surface area contributed by atoms with Gasteiger partial charge >= 0.3 is 5.97 Å². The summed E-state index contributed by atoms with van der Waals surface area (Å²) in [6, 6.07) is 15.4. The average Bonchev–Trinajstić information content (AvgIpc) is 2.61. The van der Waals surface area contributed by atoms with Crippen molar-refractivity contribution >= 4 is 11.9 Å². The van der Waals surface area contributed by atoms with Gasteiger partial charge in [-0.1, -0.05) is 30.3 Å². The zero-order valence-corrected chi connectivity index (χ0v) is 13.1. The monoisotopic (exact) mass is 313 g/mol. The van der Waals surface area contributed by atoms with Crippen molar-refractivity contribution in [2.45, 2.75) is 12.5 Å². The largest absolute Gasteiger partial charge is 0.497 e. The quantitative estimate of drug-likeness (QED) is 0.831. The Labute approximate surface area is 135 Å². The van der Waals surface area contributed by atoms with Crippen molar-refractivity contribution in [1.82, 2.24) is 5.32 Å². The van der Waals surface area contributed by atoms with Gasteiger partial charge in [-0.05, 0) is 29.8 Å². The van der Waals surface area contributed by atoms with Crippen molar-refractivity contribution in [2.24, 2.45) is 0 Å². The van der Waals surface area contributed by atoms with Crippen LogP contribution in [0.25, 0.3) is 0 Å².